The maximum atomic E-state index is 13.0. The second-order valence-electron chi connectivity index (χ2n) is 4.12. The fourth-order valence-electron chi connectivity index (χ4n) is 1.69. The van der Waals surface area contributed by atoms with Crippen molar-refractivity contribution in [2.45, 2.75) is 13.5 Å². The molecule has 0 N–H and O–H groups in total. The largest absolute Gasteiger partial charge is 0.488 e. The summed E-state index contributed by atoms with van der Waals surface area (Å²) in [5.74, 6) is 0.120. The predicted octanol–water partition coefficient (Wildman–Crippen LogP) is 4.37. The minimum absolute atomic E-state index is 0.0678. The van der Waals surface area contributed by atoms with E-state index in [1.165, 1.54) is 19.1 Å². The summed E-state index contributed by atoms with van der Waals surface area (Å²) in [7, 11) is 0. The molecule has 2 rings (SSSR count). The first-order chi connectivity index (χ1) is 9.06. The van der Waals surface area contributed by atoms with E-state index in [9.17, 15) is 9.18 Å². The molecule has 0 aliphatic rings. The van der Waals surface area contributed by atoms with Crippen LogP contribution in [0.4, 0.5) is 4.39 Å². The Morgan fingerprint density at radius 3 is 2.74 bits per heavy atom. The minimum Gasteiger partial charge on any atom is -0.488 e. The highest BCUT2D eigenvalue weighted by molar-refractivity contribution is 9.10. The number of benzene rings is 2. The maximum absolute atomic E-state index is 13.0. The molecule has 98 valence electrons. The highest BCUT2D eigenvalue weighted by Gasteiger charge is 2.09. The Bertz CT molecular complexity index is 611. The van der Waals surface area contributed by atoms with Gasteiger partial charge in [0.2, 0.25) is 0 Å². The molecule has 0 unspecified atom stereocenters. The summed E-state index contributed by atoms with van der Waals surface area (Å²) < 4.78 is 19.5. The third kappa shape index (κ3) is 3.64. The van der Waals surface area contributed by atoms with Crippen LogP contribution in [-0.2, 0) is 6.61 Å². The number of carbonyl (C=O) groups is 1. The summed E-state index contributed by atoms with van der Waals surface area (Å²) in [6.07, 6.45) is 0. The molecule has 4 heteroatoms. The highest BCUT2D eigenvalue weighted by Crippen LogP contribution is 2.25. The Morgan fingerprint density at radius 2 is 2.05 bits per heavy atom. The Kier molecular flexibility index (Phi) is 4.32. The zero-order valence-corrected chi connectivity index (χ0v) is 11.9. The molecule has 0 bridgehead atoms. The number of ether oxygens (including phenoxy) is 1. The lowest BCUT2D eigenvalue weighted by Crippen LogP contribution is -2.02. The van der Waals surface area contributed by atoms with Gasteiger partial charge in [0.15, 0.2) is 5.78 Å². The van der Waals surface area contributed by atoms with Gasteiger partial charge in [-0.2, -0.15) is 0 Å². The molecule has 2 nitrogen and oxygen atoms in total. The molecule has 0 saturated carbocycles. The lowest BCUT2D eigenvalue weighted by Gasteiger charge is -2.10. The summed E-state index contributed by atoms with van der Waals surface area (Å²) in [6.45, 7) is 1.70. The van der Waals surface area contributed by atoms with Gasteiger partial charge in [0, 0.05) is 4.47 Å². The van der Waals surface area contributed by atoms with Gasteiger partial charge in [0.05, 0.1) is 5.56 Å². The number of carbonyl (C=O) groups excluding carboxylic acids is 1. The summed E-state index contributed by atoms with van der Waals surface area (Å²) in [6, 6.07) is 11.4. The van der Waals surface area contributed by atoms with E-state index < -0.39 is 0 Å². The van der Waals surface area contributed by atoms with Gasteiger partial charge in [-0.3, -0.25) is 4.79 Å². The summed E-state index contributed by atoms with van der Waals surface area (Å²) in [5.41, 5.74) is 1.23. The Hall–Kier alpha value is -1.68. The molecule has 0 radical (unpaired) electrons. The zero-order valence-electron chi connectivity index (χ0n) is 10.3. The van der Waals surface area contributed by atoms with Crippen LogP contribution in [-0.4, -0.2) is 5.78 Å². The van der Waals surface area contributed by atoms with E-state index >= 15 is 0 Å². The fraction of sp³-hybridized carbons (Fsp3) is 0.133. The van der Waals surface area contributed by atoms with Gasteiger partial charge in [0.1, 0.15) is 18.2 Å². The third-order valence-corrected chi connectivity index (χ3v) is 3.10. The Balaban J connectivity index is 2.19. The first kappa shape index (κ1) is 13.7. The van der Waals surface area contributed by atoms with E-state index in [2.05, 4.69) is 15.9 Å². The molecule has 2 aromatic carbocycles. The number of rotatable bonds is 4. The van der Waals surface area contributed by atoms with Gasteiger partial charge in [-0.05, 0) is 42.8 Å². The average molecular weight is 323 g/mol. The van der Waals surface area contributed by atoms with Gasteiger partial charge < -0.3 is 4.74 Å². The summed E-state index contributed by atoms with van der Waals surface area (Å²) in [5, 5.41) is 0. The van der Waals surface area contributed by atoms with Crippen molar-refractivity contribution in [2.24, 2.45) is 0 Å². The molecule has 0 heterocycles. The second kappa shape index (κ2) is 5.97. The molecule has 0 saturated heterocycles. The lowest BCUT2D eigenvalue weighted by atomic mass is 10.1. The normalized spacial score (nSPS) is 10.3. The predicted molar refractivity (Wildman–Crippen MR) is 74.9 cm³/mol. The Morgan fingerprint density at radius 1 is 1.26 bits per heavy atom. The molecule has 19 heavy (non-hydrogen) atoms. The quantitative estimate of drug-likeness (QED) is 0.781. The molecule has 2 aromatic rings. The maximum Gasteiger partial charge on any atom is 0.163 e. The van der Waals surface area contributed by atoms with Crippen molar-refractivity contribution < 1.29 is 13.9 Å². The van der Waals surface area contributed by atoms with E-state index in [0.29, 0.717) is 11.3 Å². The SMILES string of the molecule is CC(=O)c1ccc(Br)cc1OCc1cccc(F)c1. The molecule has 0 fully saturated rings. The molecule has 0 aliphatic heterocycles. The van der Waals surface area contributed by atoms with E-state index in [4.69, 9.17) is 4.74 Å². The van der Waals surface area contributed by atoms with Crippen LogP contribution >= 0.6 is 15.9 Å². The van der Waals surface area contributed by atoms with E-state index in [1.807, 2.05) is 0 Å². The number of hydrogen-bond donors (Lipinski definition) is 0. The zero-order chi connectivity index (χ0) is 13.8. The number of ketones is 1. The summed E-state index contributed by atoms with van der Waals surface area (Å²) in [4.78, 5) is 11.5. The van der Waals surface area contributed by atoms with Crippen molar-refractivity contribution in [2.75, 3.05) is 0 Å². The third-order valence-electron chi connectivity index (χ3n) is 2.61. The molecule has 0 aliphatic carbocycles. The smallest absolute Gasteiger partial charge is 0.163 e. The van der Waals surface area contributed by atoms with Gasteiger partial charge in [-0.25, -0.2) is 4.39 Å². The highest BCUT2D eigenvalue weighted by atomic mass is 79.9. The van der Waals surface area contributed by atoms with Crippen LogP contribution < -0.4 is 4.74 Å². The van der Waals surface area contributed by atoms with Crippen LogP contribution in [0.25, 0.3) is 0 Å². The summed E-state index contributed by atoms with van der Waals surface area (Å²) >= 11 is 3.33. The van der Waals surface area contributed by atoms with E-state index in [0.717, 1.165) is 10.0 Å². The van der Waals surface area contributed by atoms with Crippen molar-refractivity contribution in [1.82, 2.24) is 0 Å². The molecule has 0 aromatic heterocycles. The van der Waals surface area contributed by atoms with Gasteiger partial charge >= 0.3 is 0 Å². The average Bonchev–Trinajstić information content (AvgIpc) is 2.36. The van der Waals surface area contributed by atoms with Crippen molar-refractivity contribution in [1.29, 1.82) is 0 Å². The van der Waals surface area contributed by atoms with E-state index in [-0.39, 0.29) is 18.2 Å². The van der Waals surface area contributed by atoms with Crippen molar-refractivity contribution >= 4 is 21.7 Å². The molecular formula is C15H12BrFO2. The van der Waals surface area contributed by atoms with Crippen LogP contribution in [0.15, 0.2) is 46.9 Å². The van der Waals surface area contributed by atoms with Gasteiger partial charge in [0.25, 0.3) is 0 Å². The monoisotopic (exact) mass is 322 g/mol. The molecule has 0 amide bonds. The second-order valence-corrected chi connectivity index (χ2v) is 5.03. The minimum atomic E-state index is -0.304. The first-order valence-electron chi connectivity index (χ1n) is 5.74. The van der Waals surface area contributed by atoms with Gasteiger partial charge in [-0.1, -0.05) is 28.1 Å². The van der Waals surface area contributed by atoms with E-state index in [1.54, 1.807) is 30.3 Å². The van der Waals surface area contributed by atoms with Crippen LogP contribution in [0.5, 0.6) is 5.75 Å². The van der Waals surface area contributed by atoms with Crippen LogP contribution in [0, 0.1) is 5.82 Å². The molecule has 0 spiro atoms. The Labute approximate surface area is 119 Å². The van der Waals surface area contributed by atoms with Crippen LogP contribution in [0.3, 0.4) is 0 Å². The number of halogens is 2. The lowest BCUT2D eigenvalue weighted by molar-refractivity contribution is 0.101. The fourth-order valence-corrected chi connectivity index (χ4v) is 2.03. The number of hydrogen-bond acceptors (Lipinski definition) is 2. The molecular weight excluding hydrogens is 311 g/mol. The van der Waals surface area contributed by atoms with Crippen LogP contribution in [0.1, 0.15) is 22.8 Å². The van der Waals surface area contributed by atoms with Crippen LogP contribution in [0.2, 0.25) is 0 Å². The molecule has 0 atom stereocenters. The first-order valence-corrected chi connectivity index (χ1v) is 6.53. The van der Waals surface area contributed by atoms with Crippen molar-refractivity contribution in [3.8, 4) is 5.75 Å². The number of Topliss-reactive ketones (excluding diaryl/α,β-unsaturated/α-hetero) is 1. The van der Waals surface area contributed by atoms with Gasteiger partial charge in [-0.15, -0.1) is 0 Å². The topological polar surface area (TPSA) is 26.3 Å². The standard InChI is InChI=1S/C15H12BrFO2/c1-10(18)14-6-5-12(16)8-15(14)19-9-11-3-2-4-13(17)7-11/h2-8H,9H2,1H3. The van der Waals surface area contributed by atoms with Crippen molar-refractivity contribution in [3.05, 3.63) is 63.9 Å². The van der Waals surface area contributed by atoms with Crippen molar-refractivity contribution in [3.63, 3.8) is 0 Å².